The third kappa shape index (κ3) is 4.85. The first kappa shape index (κ1) is 17.1. The predicted octanol–water partition coefficient (Wildman–Crippen LogP) is 2.39. The number of hydrogen-bond donors (Lipinski definition) is 2. The average Bonchev–Trinajstić information content (AvgIpc) is 2.35. The summed E-state index contributed by atoms with van der Waals surface area (Å²) in [6.07, 6.45) is 1.64. The molecule has 0 amide bonds. The second-order valence-corrected chi connectivity index (χ2v) is 7.14. The summed E-state index contributed by atoms with van der Waals surface area (Å²) in [4.78, 5) is -0.328. The second kappa shape index (κ2) is 7.15. The molecule has 0 saturated carbocycles. The van der Waals surface area contributed by atoms with Gasteiger partial charge in [-0.05, 0) is 43.4 Å². The fraction of sp³-hybridized carbons (Fsp3) is 0.571. The van der Waals surface area contributed by atoms with Crippen LogP contribution in [-0.2, 0) is 16.6 Å². The summed E-state index contributed by atoms with van der Waals surface area (Å²) in [5.74, 6) is -0.265. The standard InChI is InChI=1S/C14H23FN2O2S/c1-10(2)4-5-11(3)17-20(18,19)14-7-6-12(9-16)8-13(14)15/h6-8,10-11,17H,4-5,9,16H2,1-3H3. The number of nitrogens with two attached hydrogens (primary N) is 1. The minimum atomic E-state index is -3.83. The average molecular weight is 302 g/mol. The molecule has 0 aromatic heterocycles. The van der Waals surface area contributed by atoms with E-state index in [1.54, 1.807) is 6.92 Å². The Kier molecular flexibility index (Phi) is 6.10. The van der Waals surface area contributed by atoms with Crippen LogP contribution < -0.4 is 10.5 Å². The smallest absolute Gasteiger partial charge is 0.243 e. The quantitative estimate of drug-likeness (QED) is 0.812. The Morgan fingerprint density at radius 1 is 1.25 bits per heavy atom. The van der Waals surface area contributed by atoms with E-state index in [-0.39, 0.29) is 17.5 Å². The first-order valence-corrected chi connectivity index (χ1v) is 8.25. The first-order chi connectivity index (χ1) is 9.26. The van der Waals surface area contributed by atoms with Crippen LogP contribution in [-0.4, -0.2) is 14.5 Å². The molecule has 0 spiro atoms. The van der Waals surface area contributed by atoms with Crippen LogP contribution in [0.15, 0.2) is 23.1 Å². The van der Waals surface area contributed by atoms with Gasteiger partial charge in [0.2, 0.25) is 10.0 Å². The fourth-order valence-corrected chi connectivity index (χ4v) is 3.20. The zero-order valence-corrected chi connectivity index (χ0v) is 13.0. The maximum absolute atomic E-state index is 13.8. The summed E-state index contributed by atoms with van der Waals surface area (Å²) < 4.78 is 40.6. The molecule has 0 aliphatic carbocycles. The van der Waals surface area contributed by atoms with E-state index in [4.69, 9.17) is 5.73 Å². The molecule has 1 rings (SSSR count). The van der Waals surface area contributed by atoms with E-state index in [9.17, 15) is 12.8 Å². The van der Waals surface area contributed by atoms with Crippen molar-refractivity contribution in [3.8, 4) is 0 Å². The van der Waals surface area contributed by atoms with Gasteiger partial charge >= 0.3 is 0 Å². The third-order valence-corrected chi connectivity index (χ3v) is 4.68. The number of benzene rings is 1. The van der Waals surface area contributed by atoms with Gasteiger partial charge in [0.05, 0.1) is 0 Å². The Morgan fingerprint density at radius 2 is 1.90 bits per heavy atom. The molecule has 6 heteroatoms. The van der Waals surface area contributed by atoms with E-state index in [2.05, 4.69) is 18.6 Å². The molecule has 114 valence electrons. The van der Waals surface area contributed by atoms with Gasteiger partial charge < -0.3 is 5.73 Å². The lowest BCUT2D eigenvalue weighted by atomic mass is 10.1. The molecule has 0 radical (unpaired) electrons. The number of rotatable bonds is 7. The lowest BCUT2D eigenvalue weighted by Crippen LogP contribution is -2.33. The SMILES string of the molecule is CC(C)CCC(C)NS(=O)(=O)c1ccc(CN)cc1F. The summed E-state index contributed by atoms with van der Waals surface area (Å²) in [5.41, 5.74) is 5.96. The molecular weight excluding hydrogens is 279 g/mol. The van der Waals surface area contributed by atoms with Crippen molar-refractivity contribution in [2.24, 2.45) is 11.7 Å². The highest BCUT2D eigenvalue weighted by Gasteiger charge is 2.21. The largest absolute Gasteiger partial charge is 0.326 e. The molecule has 0 heterocycles. The van der Waals surface area contributed by atoms with Crippen molar-refractivity contribution in [1.29, 1.82) is 0 Å². The van der Waals surface area contributed by atoms with Gasteiger partial charge in [0.15, 0.2) is 0 Å². The van der Waals surface area contributed by atoms with E-state index < -0.39 is 15.8 Å². The van der Waals surface area contributed by atoms with Crippen LogP contribution in [0.5, 0.6) is 0 Å². The Hall–Kier alpha value is -0.980. The molecular formula is C14H23FN2O2S. The molecule has 3 N–H and O–H groups in total. The van der Waals surface area contributed by atoms with Crippen molar-refractivity contribution in [2.45, 2.75) is 51.1 Å². The normalized spacial score (nSPS) is 13.7. The van der Waals surface area contributed by atoms with Gasteiger partial charge in [-0.15, -0.1) is 0 Å². The van der Waals surface area contributed by atoms with Crippen LogP contribution >= 0.6 is 0 Å². The van der Waals surface area contributed by atoms with Gasteiger partial charge in [0, 0.05) is 12.6 Å². The van der Waals surface area contributed by atoms with E-state index in [1.165, 1.54) is 12.1 Å². The van der Waals surface area contributed by atoms with Crippen LogP contribution in [0.4, 0.5) is 4.39 Å². The highest BCUT2D eigenvalue weighted by Crippen LogP contribution is 2.17. The Labute approximate surface area is 120 Å². The highest BCUT2D eigenvalue weighted by atomic mass is 32.2. The van der Waals surface area contributed by atoms with Crippen LogP contribution in [0.2, 0.25) is 0 Å². The minimum Gasteiger partial charge on any atom is -0.326 e. The van der Waals surface area contributed by atoms with Gasteiger partial charge in [0.1, 0.15) is 10.7 Å². The molecule has 0 saturated heterocycles. The van der Waals surface area contributed by atoms with Crippen molar-refractivity contribution in [3.63, 3.8) is 0 Å². The zero-order chi connectivity index (χ0) is 15.3. The number of sulfonamides is 1. The van der Waals surface area contributed by atoms with Gasteiger partial charge in [-0.1, -0.05) is 19.9 Å². The van der Waals surface area contributed by atoms with Crippen LogP contribution in [0, 0.1) is 11.7 Å². The summed E-state index contributed by atoms with van der Waals surface area (Å²) >= 11 is 0. The van der Waals surface area contributed by atoms with Gasteiger partial charge in [-0.2, -0.15) is 0 Å². The molecule has 0 bridgehead atoms. The molecule has 0 aliphatic heterocycles. The van der Waals surface area contributed by atoms with Gasteiger partial charge in [0.25, 0.3) is 0 Å². The highest BCUT2D eigenvalue weighted by molar-refractivity contribution is 7.89. The summed E-state index contributed by atoms with van der Waals surface area (Å²) in [5, 5.41) is 0. The number of hydrogen-bond acceptors (Lipinski definition) is 3. The third-order valence-electron chi connectivity index (χ3n) is 3.05. The van der Waals surface area contributed by atoms with Crippen molar-refractivity contribution in [1.82, 2.24) is 4.72 Å². The Bertz CT molecular complexity index is 544. The van der Waals surface area contributed by atoms with Gasteiger partial charge in [-0.3, -0.25) is 0 Å². The number of halogens is 1. The lowest BCUT2D eigenvalue weighted by Gasteiger charge is -2.16. The van der Waals surface area contributed by atoms with E-state index in [0.717, 1.165) is 18.9 Å². The number of nitrogens with one attached hydrogen (secondary N) is 1. The summed E-state index contributed by atoms with van der Waals surface area (Å²) in [7, 11) is -3.83. The van der Waals surface area contributed by atoms with Crippen molar-refractivity contribution in [3.05, 3.63) is 29.6 Å². The first-order valence-electron chi connectivity index (χ1n) is 6.77. The predicted molar refractivity (Wildman–Crippen MR) is 78.1 cm³/mol. The molecule has 4 nitrogen and oxygen atoms in total. The molecule has 0 aliphatic rings. The van der Waals surface area contributed by atoms with Crippen molar-refractivity contribution >= 4 is 10.0 Å². The Balaban J connectivity index is 2.83. The summed E-state index contributed by atoms with van der Waals surface area (Å²) in [6.45, 7) is 6.11. The zero-order valence-electron chi connectivity index (χ0n) is 12.2. The Morgan fingerprint density at radius 3 is 2.40 bits per heavy atom. The van der Waals surface area contributed by atoms with E-state index in [0.29, 0.717) is 11.5 Å². The molecule has 1 atom stereocenters. The van der Waals surface area contributed by atoms with Crippen LogP contribution in [0.25, 0.3) is 0 Å². The summed E-state index contributed by atoms with van der Waals surface area (Å²) in [6, 6.07) is 3.72. The lowest BCUT2D eigenvalue weighted by molar-refractivity contribution is 0.483. The molecule has 20 heavy (non-hydrogen) atoms. The van der Waals surface area contributed by atoms with E-state index >= 15 is 0 Å². The molecule has 1 unspecified atom stereocenters. The van der Waals surface area contributed by atoms with Gasteiger partial charge in [-0.25, -0.2) is 17.5 Å². The van der Waals surface area contributed by atoms with Crippen LogP contribution in [0.1, 0.15) is 39.2 Å². The molecule has 1 aromatic carbocycles. The monoisotopic (exact) mass is 302 g/mol. The van der Waals surface area contributed by atoms with E-state index in [1.807, 2.05) is 0 Å². The molecule has 0 fully saturated rings. The maximum Gasteiger partial charge on any atom is 0.243 e. The second-order valence-electron chi connectivity index (χ2n) is 5.46. The van der Waals surface area contributed by atoms with Crippen molar-refractivity contribution in [2.75, 3.05) is 0 Å². The maximum atomic E-state index is 13.8. The van der Waals surface area contributed by atoms with Crippen LogP contribution in [0.3, 0.4) is 0 Å². The fourth-order valence-electron chi connectivity index (χ4n) is 1.86. The minimum absolute atomic E-state index is 0.176. The van der Waals surface area contributed by atoms with Crippen molar-refractivity contribution < 1.29 is 12.8 Å². The molecule has 1 aromatic rings. The topological polar surface area (TPSA) is 72.2 Å².